The van der Waals surface area contributed by atoms with E-state index in [9.17, 15) is 0 Å². The van der Waals surface area contributed by atoms with E-state index in [1.165, 1.54) is 5.56 Å². The molecule has 3 N–H and O–H groups in total. The van der Waals surface area contributed by atoms with Gasteiger partial charge in [0.05, 0.1) is 11.6 Å². The summed E-state index contributed by atoms with van der Waals surface area (Å²) in [5.41, 5.74) is 6.31. The van der Waals surface area contributed by atoms with Crippen molar-refractivity contribution in [2.45, 2.75) is 12.5 Å². The van der Waals surface area contributed by atoms with Gasteiger partial charge >= 0.3 is 0 Å². The van der Waals surface area contributed by atoms with E-state index in [0.29, 0.717) is 0 Å². The summed E-state index contributed by atoms with van der Waals surface area (Å²) >= 11 is 0. The predicted molar refractivity (Wildman–Crippen MR) is 82.0 cm³/mol. The average molecular weight is 263 g/mol. The summed E-state index contributed by atoms with van der Waals surface area (Å²) in [5.74, 6) is 5.77. The van der Waals surface area contributed by atoms with Crippen LogP contribution >= 0.6 is 0 Å². The number of benzene rings is 2. The Kier molecular flexibility index (Phi) is 3.72. The van der Waals surface area contributed by atoms with Gasteiger partial charge < -0.3 is 0 Å². The normalized spacial score (nSPS) is 12.4. The van der Waals surface area contributed by atoms with Gasteiger partial charge in [-0.1, -0.05) is 54.6 Å². The SMILES string of the molecule is NNC(Cc1ccccc1)c1cccc2cccnc12. The van der Waals surface area contributed by atoms with Crippen LogP contribution in [0.3, 0.4) is 0 Å². The van der Waals surface area contributed by atoms with E-state index in [4.69, 9.17) is 5.84 Å². The highest BCUT2D eigenvalue weighted by Crippen LogP contribution is 2.24. The molecule has 2 aromatic carbocycles. The summed E-state index contributed by atoms with van der Waals surface area (Å²) in [6.45, 7) is 0. The van der Waals surface area contributed by atoms with Crippen LogP contribution in [0.5, 0.6) is 0 Å². The van der Waals surface area contributed by atoms with Gasteiger partial charge in [-0.15, -0.1) is 0 Å². The first-order chi connectivity index (χ1) is 9.88. The fourth-order valence-corrected chi connectivity index (χ4v) is 2.52. The van der Waals surface area contributed by atoms with Crippen LogP contribution in [-0.4, -0.2) is 4.98 Å². The van der Waals surface area contributed by atoms with Crippen molar-refractivity contribution < 1.29 is 0 Å². The van der Waals surface area contributed by atoms with Crippen LogP contribution in [0.15, 0.2) is 66.9 Å². The molecule has 1 aromatic heterocycles. The zero-order valence-electron chi connectivity index (χ0n) is 11.2. The van der Waals surface area contributed by atoms with Crippen molar-refractivity contribution in [2.75, 3.05) is 0 Å². The van der Waals surface area contributed by atoms with Crippen molar-refractivity contribution >= 4 is 10.9 Å². The van der Waals surface area contributed by atoms with Gasteiger partial charge in [0.2, 0.25) is 0 Å². The van der Waals surface area contributed by atoms with Crippen molar-refractivity contribution in [3.05, 3.63) is 78.0 Å². The first-order valence-corrected chi connectivity index (χ1v) is 6.72. The number of nitrogens with two attached hydrogens (primary N) is 1. The molecule has 3 heteroatoms. The molecule has 100 valence electrons. The van der Waals surface area contributed by atoms with E-state index < -0.39 is 0 Å². The molecule has 1 atom stereocenters. The Morgan fingerprint density at radius 3 is 2.55 bits per heavy atom. The fourth-order valence-electron chi connectivity index (χ4n) is 2.52. The summed E-state index contributed by atoms with van der Waals surface area (Å²) in [5, 5.41) is 1.14. The summed E-state index contributed by atoms with van der Waals surface area (Å²) < 4.78 is 0. The number of hydrazine groups is 1. The number of nitrogens with one attached hydrogen (secondary N) is 1. The zero-order chi connectivity index (χ0) is 13.8. The molecule has 3 nitrogen and oxygen atoms in total. The van der Waals surface area contributed by atoms with Crippen LogP contribution in [0.2, 0.25) is 0 Å². The van der Waals surface area contributed by atoms with Crippen molar-refractivity contribution in [2.24, 2.45) is 5.84 Å². The lowest BCUT2D eigenvalue weighted by Gasteiger charge is -2.18. The van der Waals surface area contributed by atoms with Crippen LogP contribution in [0, 0.1) is 0 Å². The van der Waals surface area contributed by atoms with Gasteiger partial charge in [-0.05, 0) is 23.6 Å². The van der Waals surface area contributed by atoms with E-state index in [2.05, 4.69) is 46.8 Å². The summed E-state index contributed by atoms with van der Waals surface area (Å²) in [6, 6.07) is 20.6. The average Bonchev–Trinajstić information content (AvgIpc) is 2.53. The monoisotopic (exact) mass is 263 g/mol. The lowest BCUT2D eigenvalue weighted by Crippen LogP contribution is -2.29. The molecule has 1 unspecified atom stereocenters. The smallest absolute Gasteiger partial charge is 0.0750 e. The lowest BCUT2D eigenvalue weighted by atomic mass is 9.97. The highest BCUT2D eigenvalue weighted by molar-refractivity contribution is 5.82. The number of aromatic nitrogens is 1. The van der Waals surface area contributed by atoms with Gasteiger partial charge in [0, 0.05) is 11.6 Å². The van der Waals surface area contributed by atoms with Gasteiger partial charge in [0.15, 0.2) is 0 Å². The van der Waals surface area contributed by atoms with Crippen LogP contribution in [0.1, 0.15) is 17.2 Å². The van der Waals surface area contributed by atoms with Crippen molar-refractivity contribution in [1.82, 2.24) is 10.4 Å². The molecule has 0 amide bonds. The molecule has 1 heterocycles. The molecule has 0 aliphatic carbocycles. The first-order valence-electron chi connectivity index (χ1n) is 6.72. The standard InChI is InChI=1S/C17H17N3/c18-20-16(12-13-6-2-1-3-7-13)15-10-4-8-14-9-5-11-19-17(14)15/h1-11,16,20H,12,18H2. The van der Waals surface area contributed by atoms with E-state index in [0.717, 1.165) is 22.9 Å². The largest absolute Gasteiger partial charge is 0.271 e. The molecule has 3 rings (SSSR count). The summed E-state index contributed by atoms with van der Waals surface area (Å²) in [6.07, 6.45) is 2.66. The van der Waals surface area contributed by atoms with Gasteiger partial charge in [-0.25, -0.2) is 0 Å². The van der Waals surface area contributed by atoms with Crippen LogP contribution in [-0.2, 0) is 6.42 Å². The Bertz CT molecular complexity index is 689. The van der Waals surface area contributed by atoms with Crippen molar-refractivity contribution in [3.63, 3.8) is 0 Å². The molecule has 0 radical (unpaired) electrons. The van der Waals surface area contributed by atoms with Crippen LogP contribution in [0.4, 0.5) is 0 Å². The summed E-state index contributed by atoms with van der Waals surface area (Å²) in [4.78, 5) is 4.50. The molecule has 0 aliphatic heterocycles. The Labute approximate surface area is 118 Å². The quantitative estimate of drug-likeness (QED) is 0.562. The van der Waals surface area contributed by atoms with E-state index in [1.54, 1.807) is 0 Å². The van der Waals surface area contributed by atoms with Crippen molar-refractivity contribution in [1.29, 1.82) is 0 Å². The maximum absolute atomic E-state index is 5.77. The second kappa shape index (κ2) is 5.82. The van der Waals surface area contributed by atoms with Crippen LogP contribution in [0.25, 0.3) is 10.9 Å². The molecule has 0 saturated heterocycles. The molecule has 3 aromatic rings. The number of hydrogen-bond donors (Lipinski definition) is 2. The van der Waals surface area contributed by atoms with E-state index in [-0.39, 0.29) is 6.04 Å². The molecular weight excluding hydrogens is 246 g/mol. The number of hydrogen-bond acceptors (Lipinski definition) is 3. The Morgan fingerprint density at radius 1 is 0.950 bits per heavy atom. The first kappa shape index (κ1) is 12.8. The van der Waals surface area contributed by atoms with Gasteiger partial charge in [-0.2, -0.15) is 0 Å². The minimum Gasteiger partial charge on any atom is -0.271 e. The number of fused-ring (bicyclic) bond motifs is 1. The third-order valence-electron chi connectivity index (χ3n) is 3.52. The highest BCUT2D eigenvalue weighted by atomic mass is 15.2. The topological polar surface area (TPSA) is 50.9 Å². The second-order valence-corrected chi connectivity index (χ2v) is 4.83. The molecule has 20 heavy (non-hydrogen) atoms. The Morgan fingerprint density at radius 2 is 1.75 bits per heavy atom. The summed E-state index contributed by atoms with van der Waals surface area (Å²) in [7, 11) is 0. The Hall–Kier alpha value is -2.23. The van der Waals surface area contributed by atoms with E-state index >= 15 is 0 Å². The number of pyridine rings is 1. The fraction of sp³-hybridized carbons (Fsp3) is 0.118. The Balaban J connectivity index is 1.99. The van der Waals surface area contributed by atoms with Gasteiger partial charge in [0.25, 0.3) is 0 Å². The maximum atomic E-state index is 5.77. The minimum atomic E-state index is 0.0519. The third kappa shape index (κ3) is 2.54. The van der Waals surface area contributed by atoms with Crippen molar-refractivity contribution in [3.8, 4) is 0 Å². The molecule has 0 spiro atoms. The third-order valence-corrected chi connectivity index (χ3v) is 3.52. The second-order valence-electron chi connectivity index (χ2n) is 4.83. The molecular formula is C17H17N3. The van der Waals surface area contributed by atoms with Gasteiger partial charge in [-0.3, -0.25) is 16.3 Å². The zero-order valence-corrected chi connectivity index (χ0v) is 11.2. The highest BCUT2D eigenvalue weighted by Gasteiger charge is 2.14. The molecule has 0 bridgehead atoms. The number of nitrogens with zero attached hydrogens (tertiary/aromatic N) is 1. The van der Waals surface area contributed by atoms with E-state index in [1.807, 2.05) is 30.5 Å². The lowest BCUT2D eigenvalue weighted by molar-refractivity contribution is 0.555. The molecule has 0 saturated carbocycles. The maximum Gasteiger partial charge on any atom is 0.0750 e. The van der Waals surface area contributed by atoms with Crippen LogP contribution < -0.4 is 11.3 Å². The minimum absolute atomic E-state index is 0.0519. The number of rotatable bonds is 4. The molecule has 0 fully saturated rings. The number of para-hydroxylation sites is 1. The van der Waals surface area contributed by atoms with Gasteiger partial charge in [0.1, 0.15) is 0 Å². The predicted octanol–water partition coefficient (Wildman–Crippen LogP) is 2.98. The molecule has 0 aliphatic rings.